The summed E-state index contributed by atoms with van der Waals surface area (Å²) in [6.07, 6.45) is 0. The highest BCUT2D eigenvalue weighted by Crippen LogP contribution is 2.25. The maximum Gasteiger partial charge on any atom is 0.0998 e. The summed E-state index contributed by atoms with van der Waals surface area (Å²) in [4.78, 5) is 0. The van der Waals surface area contributed by atoms with Gasteiger partial charge in [-0.05, 0) is 49.2 Å². The predicted octanol–water partition coefficient (Wildman–Crippen LogP) is 3.20. The summed E-state index contributed by atoms with van der Waals surface area (Å²) in [6, 6.07) is 11.7. The first-order valence-corrected chi connectivity index (χ1v) is 5.01. The number of rotatable bonds is 0. The SMILES string of the molecule is Cc1cc2c(C#N)ccc(C#N)c2cc1C. The van der Waals surface area contributed by atoms with Crippen LogP contribution in [0.4, 0.5) is 0 Å². The summed E-state index contributed by atoms with van der Waals surface area (Å²) in [5.41, 5.74) is 3.52. The molecule has 0 saturated heterocycles. The van der Waals surface area contributed by atoms with Gasteiger partial charge >= 0.3 is 0 Å². The number of nitrogens with zero attached hydrogens (tertiary/aromatic N) is 2. The van der Waals surface area contributed by atoms with Crippen molar-refractivity contribution in [2.24, 2.45) is 0 Å². The number of nitriles is 2. The predicted molar refractivity (Wildman–Crippen MR) is 62.9 cm³/mol. The average molecular weight is 206 g/mol. The smallest absolute Gasteiger partial charge is 0.0998 e. The molecule has 2 rings (SSSR count). The number of hydrogen-bond donors (Lipinski definition) is 0. The lowest BCUT2D eigenvalue weighted by Gasteiger charge is -2.06. The van der Waals surface area contributed by atoms with Gasteiger partial charge in [0.05, 0.1) is 23.3 Å². The van der Waals surface area contributed by atoms with Crippen LogP contribution in [0.2, 0.25) is 0 Å². The molecule has 0 unspecified atom stereocenters. The third-order valence-corrected chi connectivity index (χ3v) is 2.87. The Bertz CT molecular complexity index is 596. The molecule has 2 aromatic carbocycles. The highest BCUT2D eigenvalue weighted by molar-refractivity contribution is 5.93. The number of hydrogen-bond acceptors (Lipinski definition) is 2. The molecule has 0 fully saturated rings. The van der Waals surface area contributed by atoms with Crippen LogP contribution >= 0.6 is 0 Å². The molecule has 0 heterocycles. The second-order valence-corrected chi connectivity index (χ2v) is 3.87. The molecule has 0 radical (unpaired) electrons. The molecular formula is C14H10N2. The zero-order chi connectivity index (χ0) is 11.7. The van der Waals surface area contributed by atoms with Crippen molar-refractivity contribution in [1.82, 2.24) is 0 Å². The summed E-state index contributed by atoms with van der Waals surface area (Å²) < 4.78 is 0. The van der Waals surface area contributed by atoms with Gasteiger partial charge in [0, 0.05) is 10.8 Å². The quantitative estimate of drug-likeness (QED) is 0.664. The number of fused-ring (bicyclic) bond motifs is 1. The van der Waals surface area contributed by atoms with Crippen LogP contribution in [0.15, 0.2) is 24.3 Å². The first-order chi connectivity index (χ1) is 7.67. The maximum atomic E-state index is 9.03. The van der Waals surface area contributed by atoms with Crippen molar-refractivity contribution < 1.29 is 0 Å². The van der Waals surface area contributed by atoms with E-state index in [-0.39, 0.29) is 0 Å². The van der Waals surface area contributed by atoms with Gasteiger partial charge in [-0.3, -0.25) is 0 Å². The van der Waals surface area contributed by atoms with E-state index < -0.39 is 0 Å². The van der Waals surface area contributed by atoms with Gasteiger partial charge in [-0.1, -0.05) is 0 Å². The van der Waals surface area contributed by atoms with Crippen molar-refractivity contribution >= 4 is 10.8 Å². The zero-order valence-electron chi connectivity index (χ0n) is 9.20. The van der Waals surface area contributed by atoms with Crippen molar-refractivity contribution in [3.63, 3.8) is 0 Å². The Morgan fingerprint density at radius 3 is 1.50 bits per heavy atom. The zero-order valence-corrected chi connectivity index (χ0v) is 9.20. The highest BCUT2D eigenvalue weighted by atomic mass is 14.3. The van der Waals surface area contributed by atoms with Crippen LogP contribution in [0.5, 0.6) is 0 Å². The molecule has 2 nitrogen and oxygen atoms in total. The Hall–Kier alpha value is -2.32. The van der Waals surface area contributed by atoms with Gasteiger partial charge in [0.15, 0.2) is 0 Å². The van der Waals surface area contributed by atoms with E-state index in [0.29, 0.717) is 11.1 Å². The van der Waals surface area contributed by atoms with Crippen molar-refractivity contribution in [2.45, 2.75) is 13.8 Å². The van der Waals surface area contributed by atoms with Gasteiger partial charge in [0.1, 0.15) is 0 Å². The van der Waals surface area contributed by atoms with Crippen molar-refractivity contribution in [3.8, 4) is 12.1 Å². The summed E-state index contributed by atoms with van der Waals surface area (Å²) in [5, 5.41) is 19.8. The van der Waals surface area contributed by atoms with Crippen LogP contribution in [0.25, 0.3) is 10.8 Å². The average Bonchev–Trinajstić information content (AvgIpc) is 2.29. The van der Waals surface area contributed by atoms with E-state index in [9.17, 15) is 0 Å². The van der Waals surface area contributed by atoms with E-state index in [2.05, 4.69) is 12.1 Å². The molecule has 2 heteroatoms. The van der Waals surface area contributed by atoms with Gasteiger partial charge in [-0.2, -0.15) is 10.5 Å². The lowest BCUT2D eigenvalue weighted by molar-refractivity contribution is 1.36. The van der Waals surface area contributed by atoms with Crippen molar-refractivity contribution in [1.29, 1.82) is 10.5 Å². The third-order valence-electron chi connectivity index (χ3n) is 2.87. The van der Waals surface area contributed by atoms with Crippen LogP contribution in [0.1, 0.15) is 22.3 Å². The summed E-state index contributed by atoms with van der Waals surface area (Å²) >= 11 is 0. The van der Waals surface area contributed by atoms with E-state index in [0.717, 1.165) is 21.9 Å². The summed E-state index contributed by atoms with van der Waals surface area (Å²) in [6.45, 7) is 4.02. The van der Waals surface area contributed by atoms with Gasteiger partial charge in [0.25, 0.3) is 0 Å². The monoisotopic (exact) mass is 206 g/mol. The van der Waals surface area contributed by atoms with Crippen LogP contribution in [0, 0.1) is 36.5 Å². The molecule has 76 valence electrons. The largest absolute Gasteiger partial charge is 0.192 e. The highest BCUT2D eigenvalue weighted by Gasteiger charge is 2.07. The molecular weight excluding hydrogens is 196 g/mol. The Balaban J connectivity index is 2.99. The van der Waals surface area contributed by atoms with Crippen LogP contribution < -0.4 is 0 Å². The molecule has 0 amide bonds. The molecule has 0 bridgehead atoms. The third kappa shape index (κ3) is 1.42. The van der Waals surface area contributed by atoms with E-state index in [4.69, 9.17) is 10.5 Å². The first kappa shape index (κ1) is 10.2. The second-order valence-electron chi connectivity index (χ2n) is 3.87. The molecule has 0 aromatic heterocycles. The fourth-order valence-electron chi connectivity index (χ4n) is 1.80. The molecule has 16 heavy (non-hydrogen) atoms. The van der Waals surface area contributed by atoms with Crippen LogP contribution in [-0.4, -0.2) is 0 Å². The van der Waals surface area contributed by atoms with E-state index in [1.54, 1.807) is 12.1 Å². The lowest BCUT2D eigenvalue weighted by Crippen LogP contribution is -1.88. The van der Waals surface area contributed by atoms with E-state index in [1.165, 1.54) is 0 Å². The lowest BCUT2D eigenvalue weighted by atomic mass is 9.96. The van der Waals surface area contributed by atoms with Crippen LogP contribution in [-0.2, 0) is 0 Å². The minimum Gasteiger partial charge on any atom is -0.192 e. The normalized spacial score (nSPS) is 9.75. The van der Waals surface area contributed by atoms with Crippen LogP contribution in [0.3, 0.4) is 0 Å². The molecule has 0 atom stereocenters. The summed E-state index contributed by atoms with van der Waals surface area (Å²) in [5.74, 6) is 0. The Labute approximate surface area is 94.4 Å². The Morgan fingerprint density at radius 2 is 1.19 bits per heavy atom. The molecule has 0 aliphatic rings. The summed E-state index contributed by atoms with van der Waals surface area (Å²) in [7, 11) is 0. The van der Waals surface area contributed by atoms with E-state index in [1.807, 2.05) is 26.0 Å². The molecule has 0 saturated carbocycles. The minimum atomic E-state index is 0.622. The Morgan fingerprint density at radius 1 is 0.812 bits per heavy atom. The van der Waals surface area contributed by atoms with Gasteiger partial charge in [-0.25, -0.2) is 0 Å². The number of benzene rings is 2. The van der Waals surface area contributed by atoms with E-state index >= 15 is 0 Å². The molecule has 0 N–H and O–H groups in total. The van der Waals surface area contributed by atoms with Crippen molar-refractivity contribution in [2.75, 3.05) is 0 Å². The van der Waals surface area contributed by atoms with Gasteiger partial charge < -0.3 is 0 Å². The van der Waals surface area contributed by atoms with Gasteiger partial charge in [-0.15, -0.1) is 0 Å². The number of aryl methyl sites for hydroxylation is 2. The van der Waals surface area contributed by atoms with Gasteiger partial charge in [0.2, 0.25) is 0 Å². The van der Waals surface area contributed by atoms with Crippen molar-refractivity contribution in [3.05, 3.63) is 46.5 Å². The molecule has 2 aromatic rings. The molecule has 0 aliphatic carbocycles. The fraction of sp³-hybridized carbons (Fsp3) is 0.143. The minimum absolute atomic E-state index is 0.622. The standard InChI is InChI=1S/C14H10N2/c1-9-5-13-11(7-15)3-4-12(8-16)14(13)6-10(9)2/h3-6H,1-2H3. The topological polar surface area (TPSA) is 47.6 Å². The molecule has 0 aliphatic heterocycles. The molecule has 0 spiro atoms. The first-order valence-electron chi connectivity index (χ1n) is 5.01. The second kappa shape index (κ2) is 3.68. The maximum absolute atomic E-state index is 9.03. The fourth-order valence-corrected chi connectivity index (χ4v) is 1.80. The Kier molecular flexibility index (Phi) is 2.35.